The van der Waals surface area contributed by atoms with Crippen molar-refractivity contribution in [3.63, 3.8) is 0 Å². The second kappa shape index (κ2) is 9.83. The van der Waals surface area contributed by atoms with E-state index in [1.807, 2.05) is 0 Å². The van der Waals surface area contributed by atoms with Crippen LogP contribution in [0.4, 0.5) is 0 Å². The molecule has 1 N–H and O–H groups in total. The van der Waals surface area contributed by atoms with Crippen molar-refractivity contribution < 1.29 is 14.0 Å². The first kappa shape index (κ1) is 24.6. The number of benzene rings is 1. The summed E-state index contributed by atoms with van der Waals surface area (Å²) in [6.07, 6.45) is 0.744. The fourth-order valence-electron chi connectivity index (χ4n) is 3.41. The van der Waals surface area contributed by atoms with Crippen LogP contribution in [0, 0.1) is 10.8 Å². The molecule has 0 saturated heterocycles. The highest BCUT2D eigenvalue weighted by Crippen LogP contribution is 2.45. The van der Waals surface area contributed by atoms with Crippen molar-refractivity contribution in [2.24, 2.45) is 10.8 Å². The lowest BCUT2D eigenvalue weighted by Crippen LogP contribution is -2.31. The van der Waals surface area contributed by atoms with Gasteiger partial charge in [-0.15, -0.1) is 0 Å². The molecule has 0 spiro atoms. The molecule has 0 amide bonds. The average molecular weight is 411 g/mol. The molecule has 0 bridgehead atoms. The molecule has 0 aliphatic carbocycles. The quantitative estimate of drug-likeness (QED) is 0.583. The molecule has 5 heteroatoms. The summed E-state index contributed by atoms with van der Waals surface area (Å²) < 4.78 is 13.1. The molecule has 0 aromatic heterocycles. The fourth-order valence-corrected chi connectivity index (χ4v) is 5.61. The zero-order valence-electron chi connectivity index (χ0n) is 19.2. The van der Waals surface area contributed by atoms with Crippen LogP contribution < -0.4 is 0 Å². The molecule has 0 fully saturated rings. The van der Waals surface area contributed by atoms with Gasteiger partial charge in [-0.3, -0.25) is 0 Å². The number of aliphatic hydroxyl groups excluding tert-OH is 1. The minimum Gasteiger partial charge on any atom is -0.413 e. The highest BCUT2D eigenvalue weighted by molar-refractivity contribution is 6.48. The standard InChI is InChI=1S/C22H42O3Si2/c1-21(2,3)19(24-26(7)8)17-12-11-16(13-14-23)15-18(17)20(22(4,5)6)25-27(9)10/h11-12,15,19-20,23,26-27H,13-14H2,1-10H3. The number of hydrogen-bond donors (Lipinski definition) is 1. The molecule has 0 aliphatic rings. The molecule has 0 radical (unpaired) electrons. The van der Waals surface area contributed by atoms with Gasteiger partial charge in [0.2, 0.25) is 0 Å². The van der Waals surface area contributed by atoms with Gasteiger partial charge in [-0.25, -0.2) is 0 Å². The molecule has 0 heterocycles. The van der Waals surface area contributed by atoms with E-state index in [0.29, 0.717) is 6.42 Å². The Kier molecular flexibility index (Phi) is 8.95. The first-order valence-electron chi connectivity index (χ1n) is 10.3. The molecule has 1 aromatic rings. The van der Waals surface area contributed by atoms with Crippen LogP contribution in [0.2, 0.25) is 26.2 Å². The Morgan fingerprint density at radius 2 is 1.26 bits per heavy atom. The monoisotopic (exact) mass is 410 g/mol. The molecule has 2 unspecified atom stereocenters. The van der Waals surface area contributed by atoms with E-state index < -0.39 is 18.1 Å². The Labute approximate surface area is 170 Å². The first-order valence-corrected chi connectivity index (χ1v) is 15.9. The van der Waals surface area contributed by atoms with Crippen LogP contribution in [0.1, 0.15) is 70.4 Å². The van der Waals surface area contributed by atoms with Gasteiger partial charge < -0.3 is 14.0 Å². The van der Waals surface area contributed by atoms with Crippen LogP contribution in [0.5, 0.6) is 0 Å². The van der Waals surface area contributed by atoms with Gasteiger partial charge in [0.1, 0.15) is 0 Å². The second-order valence-electron chi connectivity index (χ2n) is 10.3. The number of rotatable bonds is 8. The third-order valence-electron chi connectivity index (χ3n) is 4.51. The zero-order valence-corrected chi connectivity index (χ0v) is 21.5. The van der Waals surface area contributed by atoms with Gasteiger partial charge in [0.15, 0.2) is 18.1 Å². The first-order chi connectivity index (χ1) is 12.3. The Morgan fingerprint density at radius 1 is 0.815 bits per heavy atom. The highest BCUT2D eigenvalue weighted by Gasteiger charge is 2.35. The van der Waals surface area contributed by atoms with E-state index in [4.69, 9.17) is 8.85 Å². The van der Waals surface area contributed by atoms with Crippen LogP contribution in [-0.4, -0.2) is 29.8 Å². The Balaban J connectivity index is 3.62. The van der Waals surface area contributed by atoms with Gasteiger partial charge in [0.05, 0.1) is 12.2 Å². The highest BCUT2D eigenvalue weighted by atomic mass is 28.3. The summed E-state index contributed by atoms with van der Waals surface area (Å²) in [6.45, 7) is 22.6. The summed E-state index contributed by atoms with van der Waals surface area (Å²) in [5, 5.41) is 9.44. The fraction of sp³-hybridized carbons (Fsp3) is 0.727. The summed E-state index contributed by atoms with van der Waals surface area (Å²) >= 11 is 0. The molecule has 3 nitrogen and oxygen atoms in total. The number of hydrogen-bond acceptors (Lipinski definition) is 3. The van der Waals surface area contributed by atoms with E-state index in [2.05, 4.69) is 85.9 Å². The van der Waals surface area contributed by atoms with Crippen molar-refractivity contribution >= 4 is 18.1 Å². The predicted octanol–water partition coefficient (Wildman–Crippen LogP) is 5.40. The minimum absolute atomic E-state index is 0.00219. The lowest BCUT2D eigenvalue weighted by molar-refractivity contribution is 0.0655. The summed E-state index contributed by atoms with van der Waals surface area (Å²) in [6, 6.07) is 6.62. The third-order valence-corrected chi connectivity index (χ3v) is 6.14. The van der Waals surface area contributed by atoms with Gasteiger partial charge in [-0.2, -0.15) is 0 Å². The van der Waals surface area contributed by atoms with Crippen molar-refractivity contribution in [2.75, 3.05) is 6.61 Å². The van der Waals surface area contributed by atoms with Crippen molar-refractivity contribution in [1.29, 1.82) is 0 Å². The zero-order chi connectivity index (χ0) is 21.0. The number of aliphatic hydroxyl groups is 1. The van der Waals surface area contributed by atoms with Crippen LogP contribution in [0.3, 0.4) is 0 Å². The SMILES string of the molecule is C[SiH](C)OC(c1ccc(CCO)cc1C(O[SiH](C)C)C(C)(C)C)C(C)(C)C. The largest absolute Gasteiger partial charge is 0.413 e. The lowest BCUT2D eigenvalue weighted by atomic mass is 9.77. The lowest BCUT2D eigenvalue weighted by Gasteiger charge is -2.39. The molecule has 1 rings (SSSR count). The molecule has 156 valence electrons. The van der Waals surface area contributed by atoms with Gasteiger partial charge in [-0.05, 0) is 60.1 Å². The van der Waals surface area contributed by atoms with E-state index in [-0.39, 0.29) is 29.6 Å². The van der Waals surface area contributed by atoms with Crippen molar-refractivity contribution in [3.8, 4) is 0 Å². The maximum Gasteiger partial charge on any atom is 0.171 e. The summed E-state index contributed by atoms with van der Waals surface area (Å²) in [7, 11) is -2.45. The normalized spacial score (nSPS) is 15.4. The van der Waals surface area contributed by atoms with E-state index in [9.17, 15) is 5.11 Å². The van der Waals surface area contributed by atoms with Crippen LogP contribution in [0.25, 0.3) is 0 Å². The topological polar surface area (TPSA) is 38.7 Å². The van der Waals surface area contributed by atoms with Crippen molar-refractivity contribution in [3.05, 3.63) is 34.9 Å². The molecule has 1 aromatic carbocycles. The van der Waals surface area contributed by atoms with E-state index in [1.54, 1.807) is 0 Å². The molecule has 27 heavy (non-hydrogen) atoms. The maximum atomic E-state index is 9.44. The molecule has 2 atom stereocenters. The third kappa shape index (κ3) is 7.46. The molecular weight excluding hydrogens is 368 g/mol. The van der Waals surface area contributed by atoms with Gasteiger partial charge in [0, 0.05) is 6.61 Å². The minimum atomic E-state index is -1.23. The van der Waals surface area contributed by atoms with Crippen molar-refractivity contribution in [2.45, 2.75) is 86.4 Å². The van der Waals surface area contributed by atoms with Crippen LogP contribution in [-0.2, 0) is 15.3 Å². The van der Waals surface area contributed by atoms with Gasteiger partial charge in [-0.1, -0.05) is 59.7 Å². The van der Waals surface area contributed by atoms with Gasteiger partial charge in [0.25, 0.3) is 0 Å². The Bertz CT molecular complexity index is 586. The van der Waals surface area contributed by atoms with E-state index >= 15 is 0 Å². The second-order valence-corrected chi connectivity index (χ2v) is 15.0. The van der Waals surface area contributed by atoms with Gasteiger partial charge >= 0.3 is 0 Å². The summed E-state index contributed by atoms with van der Waals surface area (Å²) in [4.78, 5) is 0. The smallest absolute Gasteiger partial charge is 0.171 e. The molecular formula is C22H42O3Si2. The van der Waals surface area contributed by atoms with Crippen LogP contribution in [0.15, 0.2) is 18.2 Å². The summed E-state index contributed by atoms with van der Waals surface area (Å²) in [5.41, 5.74) is 3.64. The summed E-state index contributed by atoms with van der Waals surface area (Å²) in [5.74, 6) is 0. The molecule has 0 saturated carbocycles. The Hall–Kier alpha value is -0.466. The van der Waals surface area contributed by atoms with E-state index in [1.165, 1.54) is 11.1 Å². The Morgan fingerprint density at radius 3 is 1.63 bits per heavy atom. The van der Waals surface area contributed by atoms with Crippen molar-refractivity contribution in [1.82, 2.24) is 0 Å². The average Bonchev–Trinajstić information content (AvgIpc) is 2.48. The predicted molar refractivity (Wildman–Crippen MR) is 122 cm³/mol. The maximum absolute atomic E-state index is 9.44. The van der Waals surface area contributed by atoms with E-state index in [0.717, 1.165) is 5.56 Å². The molecule has 0 aliphatic heterocycles. The van der Waals surface area contributed by atoms with Crippen LogP contribution >= 0.6 is 0 Å².